The quantitative estimate of drug-likeness (QED) is 0.669. The number of ether oxygens (including phenoxy) is 1. The van der Waals surface area contributed by atoms with Gasteiger partial charge in [0.1, 0.15) is 0 Å². The maximum atomic E-state index is 5.47. The summed E-state index contributed by atoms with van der Waals surface area (Å²) in [5.74, 6) is 1.27. The summed E-state index contributed by atoms with van der Waals surface area (Å²) in [6, 6.07) is 4.03. The minimum absolute atomic E-state index is 0.534. The summed E-state index contributed by atoms with van der Waals surface area (Å²) >= 11 is 0. The molecular formula is C12H19NO. The van der Waals surface area contributed by atoms with Crippen LogP contribution in [0.5, 0.6) is 5.88 Å². The van der Waals surface area contributed by atoms with Crippen molar-refractivity contribution in [2.24, 2.45) is 0 Å². The molecule has 0 aliphatic rings. The van der Waals surface area contributed by atoms with E-state index in [2.05, 4.69) is 31.8 Å². The van der Waals surface area contributed by atoms with Crippen LogP contribution in [-0.4, -0.2) is 11.6 Å². The van der Waals surface area contributed by atoms with Crippen LogP contribution in [0.25, 0.3) is 0 Å². The highest BCUT2D eigenvalue weighted by atomic mass is 16.5. The van der Waals surface area contributed by atoms with Gasteiger partial charge >= 0.3 is 0 Å². The summed E-state index contributed by atoms with van der Waals surface area (Å²) < 4.78 is 5.47. The molecule has 0 amide bonds. The molecule has 0 atom stereocenters. The van der Waals surface area contributed by atoms with Crippen molar-refractivity contribution in [2.45, 2.75) is 39.5 Å². The van der Waals surface area contributed by atoms with Crippen LogP contribution in [0, 0.1) is 0 Å². The fraction of sp³-hybridized carbons (Fsp3) is 0.583. The van der Waals surface area contributed by atoms with E-state index in [1.54, 1.807) is 0 Å². The zero-order valence-corrected chi connectivity index (χ0v) is 9.29. The van der Waals surface area contributed by atoms with Crippen molar-refractivity contribution in [3.05, 3.63) is 23.9 Å². The van der Waals surface area contributed by atoms with Crippen molar-refractivity contribution in [3.63, 3.8) is 0 Å². The molecule has 78 valence electrons. The van der Waals surface area contributed by atoms with Gasteiger partial charge in [-0.05, 0) is 17.9 Å². The van der Waals surface area contributed by atoms with Crippen molar-refractivity contribution in [3.8, 4) is 5.88 Å². The highest BCUT2D eigenvalue weighted by molar-refractivity contribution is 5.20. The molecule has 2 nitrogen and oxygen atoms in total. The molecule has 0 saturated heterocycles. The summed E-state index contributed by atoms with van der Waals surface area (Å²) in [5, 5.41) is 0. The molecule has 0 spiro atoms. The zero-order valence-electron chi connectivity index (χ0n) is 9.29. The van der Waals surface area contributed by atoms with Crippen LogP contribution in [-0.2, 0) is 0 Å². The Bertz CT molecular complexity index is 254. The monoisotopic (exact) mass is 193 g/mol. The smallest absolute Gasteiger partial charge is 0.213 e. The van der Waals surface area contributed by atoms with E-state index in [1.807, 2.05) is 12.3 Å². The molecule has 14 heavy (non-hydrogen) atoms. The van der Waals surface area contributed by atoms with E-state index in [1.165, 1.54) is 5.56 Å². The van der Waals surface area contributed by atoms with E-state index in [0.29, 0.717) is 5.92 Å². The maximum Gasteiger partial charge on any atom is 0.213 e. The van der Waals surface area contributed by atoms with Crippen LogP contribution in [0.1, 0.15) is 45.1 Å². The molecule has 0 aliphatic heterocycles. The maximum absolute atomic E-state index is 5.47. The number of pyridine rings is 1. The molecule has 0 saturated carbocycles. The number of aromatic nitrogens is 1. The van der Waals surface area contributed by atoms with E-state index in [4.69, 9.17) is 4.74 Å². The number of unbranched alkanes of at least 4 members (excludes halogenated alkanes) is 1. The fourth-order valence-corrected chi connectivity index (χ4v) is 1.14. The first-order valence-corrected chi connectivity index (χ1v) is 5.32. The van der Waals surface area contributed by atoms with Gasteiger partial charge < -0.3 is 4.74 Å². The minimum Gasteiger partial charge on any atom is -0.478 e. The molecule has 1 heterocycles. The summed E-state index contributed by atoms with van der Waals surface area (Å²) in [4.78, 5) is 4.25. The van der Waals surface area contributed by atoms with Crippen LogP contribution < -0.4 is 4.74 Å². The van der Waals surface area contributed by atoms with Gasteiger partial charge in [-0.2, -0.15) is 0 Å². The first-order valence-electron chi connectivity index (χ1n) is 5.32. The Kier molecular flexibility index (Phi) is 4.44. The van der Waals surface area contributed by atoms with Gasteiger partial charge in [0.05, 0.1) is 6.61 Å². The molecule has 0 aromatic carbocycles. The van der Waals surface area contributed by atoms with Crippen LogP contribution in [0.4, 0.5) is 0 Å². The molecule has 0 N–H and O–H groups in total. The second-order valence-electron chi connectivity index (χ2n) is 3.79. The minimum atomic E-state index is 0.534. The number of rotatable bonds is 5. The Hall–Kier alpha value is -1.05. The summed E-state index contributed by atoms with van der Waals surface area (Å²) in [7, 11) is 0. The normalized spacial score (nSPS) is 10.6. The van der Waals surface area contributed by atoms with Crippen LogP contribution in [0.2, 0.25) is 0 Å². The lowest BCUT2D eigenvalue weighted by molar-refractivity contribution is 0.297. The molecule has 1 aromatic heterocycles. The van der Waals surface area contributed by atoms with Gasteiger partial charge in [-0.1, -0.05) is 33.3 Å². The molecular weight excluding hydrogens is 174 g/mol. The lowest BCUT2D eigenvalue weighted by Gasteiger charge is -2.07. The van der Waals surface area contributed by atoms with E-state index in [9.17, 15) is 0 Å². The lowest BCUT2D eigenvalue weighted by Crippen LogP contribution is -1.99. The van der Waals surface area contributed by atoms with Crippen LogP contribution in [0.3, 0.4) is 0 Å². The number of hydrogen-bond acceptors (Lipinski definition) is 2. The molecule has 0 aliphatic carbocycles. The van der Waals surface area contributed by atoms with Crippen molar-refractivity contribution < 1.29 is 4.74 Å². The average molecular weight is 193 g/mol. The average Bonchev–Trinajstić information content (AvgIpc) is 2.19. The molecule has 0 radical (unpaired) electrons. The van der Waals surface area contributed by atoms with Crippen molar-refractivity contribution in [1.29, 1.82) is 0 Å². The number of nitrogens with zero attached hydrogens (tertiary/aromatic N) is 1. The SMILES string of the molecule is CCCCOc1ccc(C(C)C)cn1. The van der Waals surface area contributed by atoms with Gasteiger partial charge in [0.15, 0.2) is 0 Å². The van der Waals surface area contributed by atoms with E-state index < -0.39 is 0 Å². The van der Waals surface area contributed by atoms with E-state index in [0.717, 1.165) is 25.3 Å². The Morgan fingerprint density at radius 3 is 2.64 bits per heavy atom. The highest BCUT2D eigenvalue weighted by Gasteiger charge is 1.99. The van der Waals surface area contributed by atoms with E-state index >= 15 is 0 Å². The van der Waals surface area contributed by atoms with Gasteiger partial charge in [-0.15, -0.1) is 0 Å². The van der Waals surface area contributed by atoms with Gasteiger partial charge in [0.2, 0.25) is 5.88 Å². The fourth-order valence-electron chi connectivity index (χ4n) is 1.14. The molecule has 1 rings (SSSR count). The predicted molar refractivity (Wildman–Crippen MR) is 58.7 cm³/mol. The topological polar surface area (TPSA) is 22.1 Å². The van der Waals surface area contributed by atoms with Gasteiger partial charge in [0, 0.05) is 12.3 Å². The molecule has 0 bridgehead atoms. The summed E-state index contributed by atoms with van der Waals surface area (Å²) in [6.07, 6.45) is 4.14. The second-order valence-corrected chi connectivity index (χ2v) is 3.79. The van der Waals surface area contributed by atoms with Crippen LogP contribution >= 0.6 is 0 Å². The van der Waals surface area contributed by atoms with Gasteiger partial charge in [0.25, 0.3) is 0 Å². The van der Waals surface area contributed by atoms with Crippen molar-refractivity contribution >= 4 is 0 Å². The first kappa shape index (κ1) is 11.0. The summed E-state index contributed by atoms with van der Waals surface area (Å²) in [6.45, 7) is 7.24. The van der Waals surface area contributed by atoms with Crippen molar-refractivity contribution in [2.75, 3.05) is 6.61 Å². The van der Waals surface area contributed by atoms with Crippen LogP contribution in [0.15, 0.2) is 18.3 Å². The molecule has 1 aromatic rings. The molecule has 0 fully saturated rings. The Morgan fingerprint density at radius 2 is 2.14 bits per heavy atom. The second kappa shape index (κ2) is 5.63. The molecule has 0 unspecified atom stereocenters. The third-order valence-electron chi connectivity index (χ3n) is 2.17. The summed E-state index contributed by atoms with van der Waals surface area (Å²) in [5.41, 5.74) is 1.26. The number of hydrogen-bond donors (Lipinski definition) is 0. The Balaban J connectivity index is 2.47. The Morgan fingerprint density at radius 1 is 1.36 bits per heavy atom. The predicted octanol–water partition coefficient (Wildman–Crippen LogP) is 3.38. The largest absolute Gasteiger partial charge is 0.478 e. The third kappa shape index (κ3) is 3.36. The third-order valence-corrected chi connectivity index (χ3v) is 2.17. The molecule has 2 heteroatoms. The first-order chi connectivity index (χ1) is 6.74. The standard InChI is InChI=1S/C12H19NO/c1-4-5-8-14-12-7-6-11(9-13-12)10(2)3/h6-7,9-10H,4-5,8H2,1-3H3. The van der Waals surface area contributed by atoms with Gasteiger partial charge in [-0.3, -0.25) is 0 Å². The van der Waals surface area contributed by atoms with Gasteiger partial charge in [-0.25, -0.2) is 4.98 Å². The highest BCUT2D eigenvalue weighted by Crippen LogP contribution is 2.15. The zero-order chi connectivity index (χ0) is 10.4. The van der Waals surface area contributed by atoms with E-state index in [-0.39, 0.29) is 0 Å². The Labute approximate surface area is 86.3 Å². The lowest BCUT2D eigenvalue weighted by atomic mass is 10.1. The van der Waals surface area contributed by atoms with Crippen molar-refractivity contribution in [1.82, 2.24) is 4.98 Å².